The highest BCUT2D eigenvalue weighted by Gasteiger charge is 2.19. The minimum absolute atomic E-state index is 0.245. The zero-order chi connectivity index (χ0) is 24.2. The number of pyridine rings is 1. The van der Waals surface area contributed by atoms with E-state index in [4.69, 9.17) is 5.10 Å². The molecule has 3 heterocycles. The summed E-state index contributed by atoms with van der Waals surface area (Å²) in [6.07, 6.45) is 7.15. The van der Waals surface area contributed by atoms with Crippen LogP contribution in [0.5, 0.6) is 0 Å². The molecule has 5 aromatic rings. The molecule has 35 heavy (non-hydrogen) atoms. The van der Waals surface area contributed by atoms with E-state index in [1.807, 2.05) is 54.2 Å². The molecule has 0 radical (unpaired) electrons. The molecule has 174 valence electrons. The number of carbonyl (C=O) groups is 1. The first-order valence-electron chi connectivity index (χ1n) is 11.5. The van der Waals surface area contributed by atoms with Crippen LogP contribution in [0.15, 0.2) is 91.5 Å². The van der Waals surface area contributed by atoms with Crippen molar-refractivity contribution in [3.05, 3.63) is 119 Å². The lowest BCUT2D eigenvalue weighted by Gasteiger charge is -2.04. The van der Waals surface area contributed by atoms with Crippen LogP contribution in [0.3, 0.4) is 0 Å². The molecule has 5 rings (SSSR count). The van der Waals surface area contributed by atoms with Crippen molar-refractivity contribution in [2.45, 2.75) is 26.9 Å². The normalized spacial score (nSPS) is 10.9. The van der Waals surface area contributed by atoms with Gasteiger partial charge in [-0.15, -0.1) is 0 Å². The summed E-state index contributed by atoms with van der Waals surface area (Å²) in [5.74, 6) is 0.245. The Labute approximate surface area is 204 Å². The van der Waals surface area contributed by atoms with Gasteiger partial charge in [0.2, 0.25) is 0 Å². The van der Waals surface area contributed by atoms with Gasteiger partial charge >= 0.3 is 0 Å². The standard InChI is InChI=1S/C28H26N6O/c1-20-3-7-22(8-4-20)18-34-19-25(27(32-34)24-9-5-21(2)6-10-24)28(35)30-26-13-16-33(31-26)17-23-11-14-29-15-12-23/h3-16,19H,17-18H2,1-2H3,(H,30,31,35). The Balaban J connectivity index is 1.40. The number of nitrogens with one attached hydrogen (secondary N) is 1. The predicted molar refractivity (Wildman–Crippen MR) is 136 cm³/mol. The van der Waals surface area contributed by atoms with Gasteiger partial charge in [0.05, 0.1) is 18.7 Å². The highest BCUT2D eigenvalue weighted by molar-refractivity contribution is 6.07. The Kier molecular flexibility index (Phi) is 6.22. The Hall–Kier alpha value is -4.52. The molecular formula is C28H26N6O. The molecule has 1 N–H and O–H groups in total. The highest BCUT2D eigenvalue weighted by atomic mass is 16.1. The third kappa shape index (κ3) is 5.35. The third-order valence-electron chi connectivity index (χ3n) is 5.77. The molecule has 0 saturated heterocycles. The van der Waals surface area contributed by atoms with Gasteiger partial charge in [0, 0.05) is 36.4 Å². The maximum absolute atomic E-state index is 13.3. The van der Waals surface area contributed by atoms with E-state index in [2.05, 4.69) is 46.6 Å². The first kappa shape index (κ1) is 22.3. The minimum Gasteiger partial charge on any atom is -0.305 e. The van der Waals surface area contributed by atoms with E-state index in [-0.39, 0.29) is 5.91 Å². The molecule has 0 unspecified atom stereocenters. The van der Waals surface area contributed by atoms with Gasteiger partial charge in [0.15, 0.2) is 5.82 Å². The molecule has 0 aliphatic heterocycles. The van der Waals surface area contributed by atoms with E-state index in [1.165, 1.54) is 5.56 Å². The number of hydrogen-bond acceptors (Lipinski definition) is 4. The van der Waals surface area contributed by atoms with Gasteiger partial charge < -0.3 is 5.32 Å². The maximum atomic E-state index is 13.3. The second kappa shape index (κ2) is 9.77. The Bertz CT molecular complexity index is 1430. The summed E-state index contributed by atoms with van der Waals surface area (Å²) in [6.45, 7) is 5.28. The number of aryl methyl sites for hydroxylation is 2. The van der Waals surface area contributed by atoms with Crippen molar-refractivity contribution in [3.8, 4) is 11.3 Å². The summed E-state index contributed by atoms with van der Waals surface area (Å²) in [6, 6.07) is 22.0. The first-order chi connectivity index (χ1) is 17.0. The second-order valence-electron chi connectivity index (χ2n) is 8.65. The van der Waals surface area contributed by atoms with E-state index in [9.17, 15) is 4.79 Å². The fourth-order valence-corrected chi connectivity index (χ4v) is 3.85. The Morgan fingerprint density at radius 3 is 2.11 bits per heavy atom. The molecule has 0 aliphatic carbocycles. The minimum atomic E-state index is -0.245. The van der Waals surface area contributed by atoms with Crippen molar-refractivity contribution in [2.24, 2.45) is 0 Å². The summed E-state index contributed by atoms with van der Waals surface area (Å²) in [5, 5.41) is 12.2. The van der Waals surface area contributed by atoms with E-state index >= 15 is 0 Å². The summed E-state index contributed by atoms with van der Waals surface area (Å²) in [7, 11) is 0. The predicted octanol–water partition coefficient (Wildman–Crippen LogP) is 5.11. The lowest BCUT2D eigenvalue weighted by molar-refractivity contribution is 0.102. The molecule has 3 aromatic heterocycles. The quantitative estimate of drug-likeness (QED) is 0.365. The van der Waals surface area contributed by atoms with Crippen LogP contribution in [0, 0.1) is 13.8 Å². The number of nitrogens with zero attached hydrogens (tertiary/aromatic N) is 5. The zero-order valence-corrected chi connectivity index (χ0v) is 19.7. The van der Waals surface area contributed by atoms with Crippen molar-refractivity contribution in [1.82, 2.24) is 24.5 Å². The average Bonchev–Trinajstić information content (AvgIpc) is 3.48. The van der Waals surface area contributed by atoms with Gasteiger partial charge in [-0.1, -0.05) is 59.7 Å². The number of hydrogen-bond donors (Lipinski definition) is 1. The van der Waals surface area contributed by atoms with Gasteiger partial charge in [-0.25, -0.2) is 0 Å². The zero-order valence-electron chi connectivity index (χ0n) is 19.7. The van der Waals surface area contributed by atoms with Crippen molar-refractivity contribution in [3.63, 3.8) is 0 Å². The lowest BCUT2D eigenvalue weighted by Crippen LogP contribution is -2.13. The fourth-order valence-electron chi connectivity index (χ4n) is 3.85. The topological polar surface area (TPSA) is 77.6 Å². The maximum Gasteiger partial charge on any atom is 0.260 e. The van der Waals surface area contributed by atoms with Crippen molar-refractivity contribution < 1.29 is 4.79 Å². The number of rotatable bonds is 7. The van der Waals surface area contributed by atoms with Crippen LogP contribution in [-0.4, -0.2) is 30.5 Å². The SMILES string of the molecule is Cc1ccc(Cn2cc(C(=O)Nc3ccn(Cc4ccncc4)n3)c(-c3ccc(C)cc3)n2)cc1. The molecule has 0 atom stereocenters. The smallest absolute Gasteiger partial charge is 0.260 e. The molecule has 0 fully saturated rings. The van der Waals surface area contributed by atoms with Crippen LogP contribution in [0.25, 0.3) is 11.3 Å². The van der Waals surface area contributed by atoms with Gasteiger partial charge in [-0.3, -0.25) is 19.1 Å². The molecule has 2 aromatic carbocycles. The summed E-state index contributed by atoms with van der Waals surface area (Å²) < 4.78 is 3.60. The van der Waals surface area contributed by atoms with Gasteiger partial charge in [0.25, 0.3) is 5.91 Å². The summed E-state index contributed by atoms with van der Waals surface area (Å²) >= 11 is 0. The molecule has 1 amide bonds. The van der Waals surface area contributed by atoms with Crippen LogP contribution in [0.4, 0.5) is 5.82 Å². The number of aromatic nitrogens is 5. The first-order valence-corrected chi connectivity index (χ1v) is 11.5. The second-order valence-corrected chi connectivity index (χ2v) is 8.65. The highest BCUT2D eigenvalue weighted by Crippen LogP contribution is 2.24. The fraction of sp³-hybridized carbons (Fsp3) is 0.143. The van der Waals surface area contributed by atoms with Crippen LogP contribution in [-0.2, 0) is 13.1 Å². The van der Waals surface area contributed by atoms with Crippen LogP contribution >= 0.6 is 0 Å². The number of anilines is 1. The molecule has 0 spiro atoms. The average molecular weight is 463 g/mol. The van der Waals surface area contributed by atoms with Gasteiger partial charge in [-0.2, -0.15) is 10.2 Å². The molecule has 7 heteroatoms. The van der Waals surface area contributed by atoms with Crippen molar-refractivity contribution >= 4 is 11.7 Å². The number of carbonyl (C=O) groups excluding carboxylic acids is 1. The number of amides is 1. The van der Waals surface area contributed by atoms with Gasteiger partial charge in [-0.05, 0) is 37.1 Å². The van der Waals surface area contributed by atoms with E-state index in [0.29, 0.717) is 30.2 Å². The lowest BCUT2D eigenvalue weighted by atomic mass is 10.1. The Morgan fingerprint density at radius 2 is 1.40 bits per heavy atom. The van der Waals surface area contributed by atoms with Crippen molar-refractivity contribution in [1.29, 1.82) is 0 Å². The van der Waals surface area contributed by atoms with Crippen LogP contribution in [0.2, 0.25) is 0 Å². The van der Waals surface area contributed by atoms with E-state index in [1.54, 1.807) is 29.3 Å². The largest absolute Gasteiger partial charge is 0.305 e. The molecule has 0 saturated carbocycles. The summed E-state index contributed by atoms with van der Waals surface area (Å²) in [5.41, 5.74) is 6.61. The third-order valence-corrected chi connectivity index (χ3v) is 5.77. The molecular weight excluding hydrogens is 436 g/mol. The molecule has 7 nitrogen and oxygen atoms in total. The van der Waals surface area contributed by atoms with Crippen molar-refractivity contribution in [2.75, 3.05) is 5.32 Å². The molecule has 0 bridgehead atoms. The number of benzene rings is 2. The molecule has 0 aliphatic rings. The van der Waals surface area contributed by atoms with E-state index in [0.717, 1.165) is 22.3 Å². The van der Waals surface area contributed by atoms with Gasteiger partial charge in [0.1, 0.15) is 5.69 Å². The summed E-state index contributed by atoms with van der Waals surface area (Å²) in [4.78, 5) is 17.4. The van der Waals surface area contributed by atoms with E-state index < -0.39 is 0 Å². The van der Waals surface area contributed by atoms with Crippen LogP contribution < -0.4 is 5.32 Å². The van der Waals surface area contributed by atoms with Crippen LogP contribution in [0.1, 0.15) is 32.6 Å². The Morgan fingerprint density at radius 1 is 0.771 bits per heavy atom. The monoisotopic (exact) mass is 462 g/mol.